The fraction of sp³-hybridized carbons (Fsp3) is 0.0417. The normalized spacial score (nSPS) is 11.2. The number of nitrogens with two attached hydrogens (primary N) is 1. The summed E-state index contributed by atoms with van der Waals surface area (Å²) in [6.07, 6.45) is 3.84. The van der Waals surface area contributed by atoms with E-state index in [1.807, 2.05) is 97.4 Å². The van der Waals surface area contributed by atoms with Crippen LogP contribution in [0.5, 0.6) is 0 Å². The highest BCUT2D eigenvalue weighted by atomic mass is 32.2. The van der Waals surface area contributed by atoms with Gasteiger partial charge in [0.2, 0.25) is 0 Å². The minimum atomic E-state index is 0.372. The Bertz CT molecular complexity index is 1180. The molecule has 3 aromatic carbocycles. The molecule has 0 radical (unpaired) electrons. The number of thioether (sulfide) groups is 1. The lowest BCUT2D eigenvalue weighted by Gasteiger charge is -2.12. The Morgan fingerprint density at radius 2 is 1.42 bits per heavy atom. The van der Waals surface area contributed by atoms with Gasteiger partial charge in [0, 0.05) is 33.5 Å². The van der Waals surface area contributed by atoms with Crippen molar-refractivity contribution in [2.24, 2.45) is 0 Å². The molecule has 0 unspecified atom stereocenters. The van der Waals surface area contributed by atoms with Gasteiger partial charge in [-0.1, -0.05) is 78.9 Å². The summed E-state index contributed by atoms with van der Waals surface area (Å²) in [5, 5.41) is 8.71. The Kier molecular flexibility index (Phi) is 6.44. The average molecular weight is 427 g/mol. The van der Waals surface area contributed by atoms with Gasteiger partial charge in [-0.2, -0.15) is 0 Å². The van der Waals surface area contributed by atoms with Crippen molar-refractivity contribution < 1.29 is 0 Å². The van der Waals surface area contributed by atoms with Crippen molar-refractivity contribution in [3.05, 3.63) is 96.7 Å². The molecule has 0 atom stereocenters. The van der Waals surface area contributed by atoms with Crippen LogP contribution < -0.4 is 16.6 Å². The first-order valence-electron chi connectivity index (χ1n) is 9.72. The number of rotatable bonds is 7. The maximum atomic E-state index is 6.10. The molecule has 154 valence electrons. The molecule has 0 saturated carbocycles. The van der Waals surface area contributed by atoms with Gasteiger partial charge in [0.1, 0.15) is 11.4 Å². The number of nitrogens with zero attached hydrogens (tertiary/aromatic N) is 3. The molecule has 0 spiro atoms. The first kappa shape index (κ1) is 20.4. The fourth-order valence-electron chi connectivity index (χ4n) is 3.10. The molecule has 0 aliphatic heterocycles. The molecule has 0 fully saturated rings. The zero-order valence-electron chi connectivity index (χ0n) is 17.0. The topological polar surface area (TPSA) is 88.8 Å². The molecule has 0 aliphatic rings. The highest BCUT2D eigenvalue weighted by Crippen LogP contribution is 2.30. The monoisotopic (exact) mass is 426 g/mol. The van der Waals surface area contributed by atoms with Crippen LogP contribution in [0.4, 0.5) is 11.6 Å². The van der Waals surface area contributed by atoms with Gasteiger partial charge in [-0.15, -0.1) is 22.0 Å². The lowest BCUT2D eigenvalue weighted by atomic mass is 10.0. The van der Waals surface area contributed by atoms with E-state index < -0.39 is 0 Å². The van der Waals surface area contributed by atoms with Crippen LogP contribution in [0.1, 0.15) is 5.56 Å². The zero-order chi connectivity index (χ0) is 21.5. The zero-order valence-corrected chi connectivity index (χ0v) is 17.8. The van der Waals surface area contributed by atoms with E-state index in [0.29, 0.717) is 5.95 Å². The SMILES string of the molecule is CS/C(=C/NNc1nnc(-c2ccccc2)c(-c2ccccc2)n1)c1ccccc1N. The number of nitrogens with one attached hydrogen (secondary N) is 2. The van der Waals surface area contributed by atoms with Gasteiger partial charge in [0.25, 0.3) is 5.95 Å². The lowest BCUT2D eigenvalue weighted by Crippen LogP contribution is -2.18. The first-order chi connectivity index (χ1) is 15.3. The van der Waals surface area contributed by atoms with Gasteiger partial charge in [-0.3, -0.25) is 5.43 Å². The van der Waals surface area contributed by atoms with Crippen molar-refractivity contribution in [2.45, 2.75) is 0 Å². The summed E-state index contributed by atoms with van der Waals surface area (Å²) < 4.78 is 0. The van der Waals surface area contributed by atoms with Crippen LogP contribution in [0, 0.1) is 0 Å². The minimum absolute atomic E-state index is 0.372. The number of hydrogen-bond donors (Lipinski definition) is 3. The van der Waals surface area contributed by atoms with Crippen LogP contribution in [0.2, 0.25) is 0 Å². The summed E-state index contributed by atoms with van der Waals surface area (Å²) in [5.41, 5.74) is 17.3. The standard InChI is InChI=1S/C24H22N6S/c1-31-21(19-14-8-9-15-20(19)25)16-26-29-24-27-22(17-10-4-2-5-11-17)23(28-30-24)18-12-6-3-7-13-18/h2-16,26H,25H2,1H3,(H,27,29,30)/b21-16+. The van der Waals surface area contributed by atoms with E-state index >= 15 is 0 Å². The van der Waals surface area contributed by atoms with Crippen molar-refractivity contribution in [3.8, 4) is 22.5 Å². The van der Waals surface area contributed by atoms with E-state index in [0.717, 1.165) is 38.7 Å². The van der Waals surface area contributed by atoms with Gasteiger partial charge < -0.3 is 11.2 Å². The predicted molar refractivity (Wildman–Crippen MR) is 130 cm³/mol. The number of hydrogen-bond acceptors (Lipinski definition) is 7. The number of aromatic nitrogens is 3. The largest absolute Gasteiger partial charge is 0.398 e. The summed E-state index contributed by atoms with van der Waals surface area (Å²) >= 11 is 1.59. The molecule has 1 heterocycles. The van der Waals surface area contributed by atoms with E-state index in [-0.39, 0.29) is 0 Å². The molecule has 0 aliphatic carbocycles. The van der Waals surface area contributed by atoms with Gasteiger partial charge in [0.15, 0.2) is 0 Å². The Balaban J connectivity index is 1.62. The highest BCUT2D eigenvalue weighted by Gasteiger charge is 2.13. The molecular formula is C24H22N6S. The second kappa shape index (κ2) is 9.77. The number of hydrazine groups is 1. The van der Waals surface area contributed by atoms with Crippen molar-refractivity contribution >= 4 is 28.3 Å². The van der Waals surface area contributed by atoms with Gasteiger partial charge in [-0.25, -0.2) is 4.98 Å². The second-order valence-electron chi connectivity index (χ2n) is 6.63. The van der Waals surface area contributed by atoms with Crippen LogP contribution in [0.15, 0.2) is 91.1 Å². The molecule has 4 aromatic rings. The molecule has 4 N–H and O–H groups in total. The highest BCUT2D eigenvalue weighted by molar-refractivity contribution is 8.07. The summed E-state index contributed by atoms with van der Waals surface area (Å²) in [6, 6.07) is 27.6. The van der Waals surface area contributed by atoms with Crippen molar-refractivity contribution in [3.63, 3.8) is 0 Å². The molecule has 0 saturated heterocycles. The molecule has 1 aromatic heterocycles. The molecular weight excluding hydrogens is 404 g/mol. The number of para-hydroxylation sites is 1. The van der Waals surface area contributed by atoms with E-state index in [2.05, 4.69) is 21.0 Å². The van der Waals surface area contributed by atoms with Crippen LogP contribution in [-0.2, 0) is 0 Å². The number of nitrogen functional groups attached to an aromatic ring is 1. The Labute approximate surface area is 185 Å². The molecule has 0 amide bonds. The van der Waals surface area contributed by atoms with Gasteiger partial charge >= 0.3 is 0 Å². The van der Waals surface area contributed by atoms with E-state index in [9.17, 15) is 0 Å². The number of benzene rings is 3. The summed E-state index contributed by atoms with van der Waals surface area (Å²) in [5.74, 6) is 0.372. The van der Waals surface area contributed by atoms with Gasteiger partial charge in [-0.05, 0) is 12.3 Å². The van der Waals surface area contributed by atoms with E-state index in [1.54, 1.807) is 11.8 Å². The summed E-state index contributed by atoms with van der Waals surface area (Å²) in [4.78, 5) is 5.71. The smallest absolute Gasteiger partial charge is 0.261 e. The average Bonchev–Trinajstić information content (AvgIpc) is 2.83. The van der Waals surface area contributed by atoms with Crippen LogP contribution >= 0.6 is 11.8 Å². The van der Waals surface area contributed by atoms with Crippen molar-refractivity contribution in [1.82, 2.24) is 20.6 Å². The van der Waals surface area contributed by atoms with Crippen LogP contribution in [0.3, 0.4) is 0 Å². The van der Waals surface area contributed by atoms with Gasteiger partial charge in [0.05, 0.1) is 0 Å². The number of anilines is 2. The Morgan fingerprint density at radius 1 is 0.806 bits per heavy atom. The molecule has 7 heteroatoms. The third-order valence-electron chi connectivity index (χ3n) is 4.61. The summed E-state index contributed by atoms with van der Waals surface area (Å²) in [6.45, 7) is 0. The molecule has 31 heavy (non-hydrogen) atoms. The maximum absolute atomic E-state index is 6.10. The van der Waals surface area contributed by atoms with Crippen LogP contribution in [0.25, 0.3) is 27.4 Å². The summed E-state index contributed by atoms with van der Waals surface area (Å²) in [7, 11) is 0. The maximum Gasteiger partial charge on any atom is 0.261 e. The van der Waals surface area contributed by atoms with Crippen LogP contribution in [-0.4, -0.2) is 21.4 Å². The Morgan fingerprint density at radius 3 is 2.06 bits per heavy atom. The third kappa shape index (κ3) is 4.84. The van der Waals surface area contributed by atoms with Crippen molar-refractivity contribution in [1.29, 1.82) is 0 Å². The second-order valence-corrected chi connectivity index (χ2v) is 7.48. The molecule has 0 bridgehead atoms. The predicted octanol–water partition coefficient (Wildman–Crippen LogP) is 5.07. The molecule has 6 nitrogen and oxygen atoms in total. The first-order valence-corrected chi connectivity index (χ1v) is 10.9. The van der Waals surface area contributed by atoms with E-state index in [1.165, 1.54) is 0 Å². The third-order valence-corrected chi connectivity index (χ3v) is 5.39. The van der Waals surface area contributed by atoms with E-state index in [4.69, 9.17) is 10.7 Å². The Hall–Kier alpha value is -3.84. The fourth-order valence-corrected chi connectivity index (χ4v) is 3.68. The lowest BCUT2D eigenvalue weighted by molar-refractivity contribution is 0.927. The quantitative estimate of drug-likeness (QED) is 0.281. The molecule has 4 rings (SSSR count). The van der Waals surface area contributed by atoms with Crippen molar-refractivity contribution in [2.75, 3.05) is 17.4 Å². The minimum Gasteiger partial charge on any atom is -0.398 e.